The van der Waals surface area contributed by atoms with Crippen LogP contribution < -0.4 is 0 Å². The van der Waals surface area contributed by atoms with Crippen LogP contribution in [0.3, 0.4) is 0 Å². The number of rotatable bonds is 5. The molecule has 2 atom stereocenters. The van der Waals surface area contributed by atoms with Crippen LogP contribution >= 0.6 is 23.2 Å². The van der Waals surface area contributed by atoms with Gasteiger partial charge in [-0.05, 0) is 17.7 Å². The summed E-state index contributed by atoms with van der Waals surface area (Å²) in [5.41, 5.74) is 0.788. The van der Waals surface area contributed by atoms with E-state index < -0.39 is 0 Å². The second kappa shape index (κ2) is 6.19. The van der Waals surface area contributed by atoms with Gasteiger partial charge in [-0.3, -0.25) is 10.1 Å². The van der Waals surface area contributed by atoms with Gasteiger partial charge in [0.1, 0.15) is 0 Å². The summed E-state index contributed by atoms with van der Waals surface area (Å²) in [6, 6.07) is 5.09. The summed E-state index contributed by atoms with van der Waals surface area (Å²) in [4.78, 5) is 10.1. The van der Waals surface area contributed by atoms with Gasteiger partial charge in [0.2, 0.25) is 6.54 Å². The molecule has 17 heavy (non-hydrogen) atoms. The molecule has 0 unspecified atom stereocenters. The van der Waals surface area contributed by atoms with Crippen LogP contribution in [0.15, 0.2) is 18.2 Å². The predicted octanol–water partition coefficient (Wildman–Crippen LogP) is 3.59. The van der Waals surface area contributed by atoms with E-state index in [4.69, 9.17) is 27.9 Å². The van der Waals surface area contributed by atoms with Crippen molar-refractivity contribution >= 4 is 23.2 Å². The summed E-state index contributed by atoms with van der Waals surface area (Å²) >= 11 is 11.7. The van der Waals surface area contributed by atoms with Crippen LogP contribution in [0.2, 0.25) is 10.0 Å². The number of hydrogen-bond acceptors (Lipinski definition) is 3. The Bertz CT molecular complexity index is 412. The SMILES string of the molecule is CO[C@@H](c1ccc(Cl)c(Cl)c1)[C@H](C)C[N+](=O)[O-]. The van der Waals surface area contributed by atoms with Crippen molar-refractivity contribution in [1.82, 2.24) is 0 Å². The van der Waals surface area contributed by atoms with Crippen LogP contribution in [-0.2, 0) is 4.74 Å². The minimum absolute atomic E-state index is 0.154. The van der Waals surface area contributed by atoms with Gasteiger partial charge in [-0.1, -0.05) is 36.2 Å². The summed E-state index contributed by atoms with van der Waals surface area (Å²) in [6.45, 7) is 1.61. The monoisotopic (exact) mass is 277 g/mol. The third kappa shape index (κ3) is 3.84. The molecule has 0 bridgehead atoms. The van der Waals surface area contributed by atoms with E-state index in [2.05, 4.69) is 0 Å². The average molecular weight is 278 g/mol. The summed E-state index contributed by atoms with van der Waals surface area (Å²) in [5.74, 6) is -0.243. The maximum atomic E-state index is 10.5. The van der Waals surface area contributed by atoms with Gasteiger partial charge in [-0.25, -0.2) is 0 Å². The molecule has 0 saturated carbocycles. The van der Waals surface area contributed by atoms with E-state index in [0.717, 1.165) is 5.56 Å². The van der Waals surface area contributed by atoms with Crippen molar-refractivity contribution in [2.24, 2.45) is 5.92 Å². The first kappa shape index (κ1) is 14.2. The summed E-state index contributed by atoms with van der Waals surface area (Å²) in [5, 5.41) is 11.4. The summed E-state index contributed by atoms with van der Waals surface area (Å²) in [7, 11) is 1.52. The lowest BCUT2D eigenvalue weighted by molar-refractivity contribution is -0.490. The minimum atomic E-state index is -0.366. The van der Waals surface area contributed by atoms with Crippen LogP contribution in [0.1, 0.15) is 18.6 Å². The number of ether oxygens (including phenoxy) is 1. The first-order valence-electron chi connectivity index (χ1n) is 5.05. The molecule has 0 aliphatic rings. The highest BCUT2D eigenvalue weighted by Crippen LogP contribution is 2.30. The standard InChI is InChI=1S/C11H13Cl2NO3/c1-7(6-14(15)16)11(17-2)8-3-4-9(12)10(13)5-8/h3-5,7,11H,6H2,1-2H3/t7-,11-/m1/s1. The molecule has 0 heterocycles. The van der Waals surface area contributed by atoms with Crippen LogP contribution in [0.4, 0.5) is 0 Å². The average Bonchev–Trinajstić information content (AvgIpc) is 2.23. The van der Waals surface area contributed by atoms with Gasteiger partial charge in [0.25, 0.3) is 0 Å². The number of halogens is 2. The highest BCUT2D eigenvalue weighted by molar-refractivity contribution is 6.42. The van der Waals surface area contributed by atoms with Gasteiger partial charge >= 0.3 is 0 Å². The van der Waals surface area contributed by atoms with Gasteiger partial charge < -0.3 is 4.74 Å². The second-order valence-corrected chi connectivity index (χ2v) is 4.64. The van der Waals surface area contributed by atoms with Crippen LogP contribution in [0.5, 0.6) is 0 Å². The zero-order valence-electron chi connectivity index (χ0n) is 9.52. The van der Waals surface area contributed by atoms with Gasteiger partial charge in [-0.15, -0.1) is 0 Å². The minimum Gasteiger partial charge on any atom is -0.376 e. The fourth-order valence-electron chi connectivity index (χ4n) is 1.72. The predicted molar refractivity (Wildman–Crippen MR) is 67.2 cm³/mol. The normalized spacial score (nSPS) is 14.4. The smallest absolute Gasteiger partial charge is 0.209 e. The van der Waals surface area contributed by atoms with E-state index >= 15 is 0 Å². The molecule has 0 radical (unpaired) electrons. The Hall–Kier alpha value is -0.840. The van der Waals surface area contributed by atoms with E-state index in [1.807, 2.05) is 0 Å². The molecule has 0 aliphatic heterocycles. The molecule has 0 amide bonds. The molecule has 1 rings (SSSR count). The molecule has 0 aliphatic carbocycles. The fraction of sp³-hybridized carbons (Fsp3) is 0.455. The van der Waals surface area contributed by atoms with E-state index in [0.29, 0.717) is 10.0 Å². The molecule has 6 heteroatoms. The van der Waals surface area contributed by atoms with E-state index in [1.54, 1.807) is 25.1 Å². The number of nitro groups is 1. The Morgan fingerprint density at radius 3 is 2.53 bits per heavy atom. The fourth-order valence-corrected chi connectivity index (χ4v) is 2.02. The molecule has 4 nitrogen and oxygen atoms in total. The summed E-state index contributed by atoms with van der Waals surface area (Å²) in [6.07, 6.45) is -0.366. The molecule has 1 aromatic carbocycles. The highest BCUT2D eigenvalue weighted by atomic mass is 35.5. The Kier molecular flexibility index (Phi) is 5.18. The van der Waals surface area contributed by atoms with E-state index in [9.17, 15) is 10.1 Å². The number of benzene rings is 1. The van der Waals surface area contributed by atoms with Gasteiger partial charge in [0.05, 0.1) is 22.1 Å². The third-order valence-electron chi connectivity index (χ3n) is 2.48. The Morgan fingerprint density at radius 1 is 1.41 bits per heavy atom. The van der Waals surface area contributed by atoms with Gasteiger partial charge in [0.15, 0.2) is 0 Å². The van der Waals surface area contributed by atoms with Crippen LogP contribution in [0.25, 0.3) is 0 Å². The lowest BCUT2D eigenvalue weighted by atomic mass is 9.97. The number of hydrogen-bond donors (Lipinski definition) is 0. The molecule has 1 aromatic rings. The second-order valence-electron chi connectivity index (χ2n) is 3.82. The topological polar surface area (TPSA) is 52.4 Å². The van der Waals surface area contributed by atoms with Gasteiger partial charge in [0, 0.05) is 12.0 Å². The Balaban J connectivity index is 2.92. The Morgan fingerprint density at radius 2 is 2.06 bits per heavy atom. The molecule has 0 fully saturated rings. The molecule has 0 N–H and O–H groups in total. The van der Waals surface area contributed by atoms with Crippen molar-refractivity contribution in [2.45, 2.75) is 13.0 Å². The van der Waals surface area contributed by atoms with Crippen LogP contribution in [0, 0.1) is 16.0 Å². The molecular weight excluding hydrogens is 265 g/mol. The van der Waals surface area contributed by atoms with Crippen molar-refractivity contribution < 1.29 is 9.66 Å². The maximum absolute atomic E-state index is 10.5. The lowest BCUT2D eigenvalue weighted by Crippen LogP contribution is -2.20. The maximum Gasteiger partial charge on any atom is 0.209 e. The molecule has 0 saturated heterocycles. The molecular formula is C11H13Cl2NO3. The number of nitrogens with zero attached hydrogens (tertiary/aromatic N) is 1. The van der Waals surface area contributed by atoms with Crippen molar-refractivity contribution in [3.63, 3.8) is 0 Å². The van der Waals surface area contributed by atoms with Crippen molar-refractivity contribution in [2.75, 3.05) is 13.7 Å². The zero-order valence-corrected chi connectivity index (χ0v) is 11.0. The zero-order chi connectivity index (χ0) is 13.0. The molecule has 0 spiro atoms. The van der Waals surface area contributed by atoms with Gasteiger partial charge in [-0.2, -0.15) is 0 Å². The Labute approximate surface area is 110 Å². The summed E-state index contributed by atoms with van der Waals surface area (Å²) < 4.78 is 5.29. The third-order valence-corrected chi connectivity index (χ3v) is 3.22. The quantitative estimate of drug-likeness (QED) is 0.610. The van der Waals surface area contributed by atoms with E-state index in [-0.39, 0.29) is 23.5 Å². The first-order chi connectivity index (χ1) is 7.95. The first-order valence-corrected chi connectivity index (χ1v) is 5.80. The van der Waals surface area contributed by atoms with Crippen molar-refractivity contribution in [3.05, 3.63) is 43.9 Å². The van der Waals surface area contributed by atoms with Crippen molar-refractivity contribution in [1.29, 1.82) is 0 Å². The molecule has 94 valence electrons. The van der Waals surface area contributed by atoms with E-state index in [1.165, 1.54) is 7.11 Å². The molecule has 0 aromatic heterocycles. The lowest BCUT2D eigenvalue weighted by Gasteiger charge is -2.20. The van der Waals surface area contributed by atoms with Crippen LogP contribution in [-0.4, -0.2) is 18.6 Å². The largest absolute Gasteiger partial charge is 0.376 e. The number of methoxy groups -OCH3 is 1. The highest BCUT2D eigenvalue weighted by Gasteiger charge is 2.23. The van der Waals surface area contributed by atoms with Crippen molar-refractivity contribution in [3.8, 4) is 0 Å².